The third kappa shape index (κ3) is 2.45. The average molecular weight is 417 g/mol. The van der Waals surface area contributed by atoms with E-state index in [4.69, 9.17) is 15.2 Å². The Morgan fingerprint density at radius 3 is 2.93 bits per heavy atom. The number of ether oxygens (including phenoxy) is 2. The summed E-state index contributed by atoms with van der Waals surface area (Å²) in [6.45, 7) is 0.195. The predicted molar refractivity (Wildman–Crippen MR) is 105 cm³/mol. The fraction of sp³-hybridized carbons (Fsp3) is 0.619. The van der Waals surface area contributed by atoms with Crippen LogP contribution in [-0.2, 0) is 26.2 Å². The molecule has 5 rings (SSSR count). The number of likely N-dealkylation sites (N-methyl/N-ethyl adjacent to an activating group) is 1. The van der Waals surface area contributed by atoms with E-state index in [0.717, 1.165) is 17.7 Å². The molecular weight excluding hydrogens is 390 g/mol. The Bertz CT molecular complexity index is 922. The van der Waals surface area contributed by atoms with Crippen LogP contribution in [0.1, 0.15) is 30.4 Å². The van der Waals surface area contributed by atoms with Crippen LogP contribution in [0.25, 0.3) is 0 Å². The van der Waals surface area contributed by atoms with Crippen LogP contribution in [0.4, 0.5) is 0 Å². The monoisotopic (exact) mass is 417 g/mol. The molecule has 2 aliphatic heterocycles. The molecule has 1 aromatic carbocycles. The molecule has 4 aliphatic rings. The summed E-state index contributed by atoms with van der Waals surface area (Å²) in [6, 6.07) is 3.17. The summed E-state index contributed by atoms with van der Waals surface area (Å²) in [5.41, 5.74) is 5.35. The van der Waals surface area contributed by atoms with Gasteiger partial charge in [0.05, 0.1) is 17.1 Å². The van der Waals surface area contributed by atoms with E-state index in [-0.39, 0.29) is 37.0 Å². The van der Waals surface area contributed by atoms with Gasteiger partial charge in [-0.15, -0.1) is 0 Å². The number of carbonyl (C=O) groups is 2. The highest BCUT2D eigenvalue weighted by atomic mass is 16.5. The summed E-state index contributed by atoms with van der Waals surface area (Å²) in [6.07, 6.45) is 1.94. The lowest BCUT2D eigenvalue weighted by Crippen LogP contribution is -2.77. The number of hydrogen-bond donors (Lipinski definition) is 4. The molecule has 2 aliphatic carbocycles. The van der Waals surface area contributed by atoms with Crippen LogP contribution in [0.2, 0.25) is 0 Å². The molecule has 1 saturated carbocycles. The second-order valence-corrected chi connectivity index (χ2v) is 9.00. The number of phenols is 1. The van der Waals surface area contributed by atoms with E-state index in [0.29, 0.717) is 31.4 Å². The van der Waals surface area contributed by atoms with Crippen LogP contribution in [-0.4, -0.2) is 77.5 Å². The van der Waals surface area contributed by atoms with Crippen molar-refractivity contribution >= 4 is 11.8 Å². The quantitative estimate of drug-likeness (QED) is 0.491. The molecule has 2 bridgehead atoms. The molecule has 0 radical (unpaired) electrons. The smallest absolute Gasteiger partial charge is 0.246 e. The first-order valence-electron chi connectivity index (χ1n) is 10.4. The molecule has 0 aromatic heterocycles. The van der Waals surface area contributed by atoms with Gasteiger partial charge in [0.1, 0.15) is 19.3 Å². The molecule has 1 spiro atoms. The zero-order valence-corrected chi connectivity index (χ0v) is 16.9. The SMILES string of the molecule is CN1CC[C@]23c4c5ccc(O)c4O[C@H]2[C@@H](NC(=O)COCC(N)=O)CC[C@@]3(O)C1C5. The number of aromatic hydroxyl groups is 1. The molecule has 1 saturated heterocycles. The first-order valence-corrected chi connectivity index (χ1v) is 10.4. The first kappa shape index (κ1) is 19.6. The van der Waals surface area contributed by atoms with Gasteiger partial charge >= 0.3 is 0 Å². The number of piperidine rings is 1. The maximum absolute atomic E-state index is 12.4. The van der Waals surface area contributed by atoms with Crippen molar-refractivity contribution in [2.45, 2.75) is 54.9 Å². The van der Waals surface area contributed by atoms with Crippen LogP contribution in [0.15, 0.2) is 12.1 Å². The van der Waals surface area contributed by atoms with Crippen LogP contribution in [0.5, 0.6) is 11.5 Å². The van der Waals surface area contributed by atoms with Gasteiger partial charge in [0.15, 0.2) is 11.5 Å². The van der Waals surface area contributed by atoms with Gasteiger partial charge in [0.25, 0.3) is 0 Å². The maximum atomic E-state index is 12.4. The third-order valence-electron chi connectivity index (χ3n) is 7.55. The van der Waals surface area contributed by atoms with E-state index in [1.165, 1.54) is 0 Å². The van der Waals surface area contributed by atoms with Gasteiger partial charge in [-0.05, 0) is 50.9 Å². The molecule has 2 fully saturated rings. The minimum absolute atomic E-state index is 0.0455. The fourth-order valence-electron chi connectivity index (χ4n) is 6.39. The van der Waals surface area contributed by atoms with Crippen LogP contribution >= 0.6 is 0 Å². The number of primary amides is 1. The molecule has 2 heterocycles. The molecule has 162 valence electrons. The van der Waals surface area contributed by atoms with Gasteiger partial charge in [0, 0.05) is 11.6 Å². The average Bonchev–Trinajstić information content (AvgIpc) is 3.04. The molecular formula is C21H27N3O6. The minimum atomic E-state index is -1.000. The molecule has 9 heteroatoms. The number of amides is 2. The Labute approximate surface area is 174 Å². The van der Waals surface area contributed by atoms with Crippen molar-refractivity contribution in [1.29, 1.82) is 0 Å². The standard InChI is InChI=1S/C21H27N3O6/c1-24-7-6-20-17-11-2-3-13(25)18(17)30-19(20)12(4-5-21(20,28)14(24)8-11)23-16(27)10-29-9-15(22)26/h2-3,12,14,19,25,28H,4-10H2,1H3,(H2,22,26)(H,23,27)/t12-,14?,19-,20-,21+/m0/s1. The summed E-state index contributed by atoms with van der Waals surface area (Å²) >= 11 is 0. The Morgan fingerprint density at radius 2 is 2.17 bits per heavy atom. The van der Waals surface area contributed by atoms with Crippen molar-refractivity contribution in [3.63, 3.8) is 0 Å². The zero-order chi connectivity index (χ0) is 21.3. The highest BCUT2D eigenvalue weighted by Gasteiger charge is 2.72. The number of nitrogens with one attached hydrogen (secondary N) is 1. The maximum Gasteiger partial charge on any atom is 0.246 e. The highest BCUT2D eigenvalue weighted by molar-refractivity contribution is 5.79. The van der Waals surface area contributed by atoms with E-state index >= 15 is 0 Å². The number of likely N-dealkylation sites (tertiary alicyclic amines) is 1. The lowest BCUT2D eigenvalue weighted by Gasteiger charge is -2.63. The van der Waals surface area contributed by atoms with E-state index in [2.05, 4.69) is 10.2 Å². The molecule has 30 heavy (non-hydrogen) atoms. The van der Waals surface area contributed by atoms with Crippen LogP contribution in [0, 0.1) is 0 Å². The van der Waals surface area contributed by atoms with Gasteiger partial charge in [0.2, 0.25) is 11.8 Å². The van der Waals surface area contributed by atoms with Crippen molar-refractivity contribution in [1.82, 2.24) is 10.2 Å². The van der Waals surface area contributed by atoms with Crippen molar-refractivity contribution in [3.05, 3.63) is 23.3 Å². The summed E-state index contributed by atoms with van der Waals surface area (Å²) in [5.74, 6) is -0.508. The van der Waals surface area contributed by atoms with E-state index in [1.807, 2.05) is 13.1 Å². The van der Waals surface area contributed by atoms with Crippen LogP contribution < -0.4 is 15.8 Å². The molecule has 5 atom stereocenters. The number of carbonyl (C=O) groups excluding carboxylic acids is 2. The molecule has 1 aromatic rings. The number of nitrogens with zero attached hydrogens (tertiary/aromatic N) is 1. The predicted octanol–water partition coefficient (Wildman–Crippen LogP) is -0.837. The summed E-state index contributed by atoms with van der Waals surface area (Å²) in [7, 11) is 2.04. The minimum Gasteiger partial charge on any atom is -0.504 e. The molecule has 9 nitrogen and oxygen atoms in total. The first-order chi connectivity index (χ1) is 14.3. The summed E-state index contributed by atoms with van der Waals surface area (Å²) < 4.78 is 11.3. The Kier molecular flexibility index (Phi) is 4.29. The number of phenolic OH excluding ortho intramolecular Hbond substituents is 1. The van der Waals surface area contributed by atoms with Gasteiger partial charge in [-0.3, -0.25) is 9.59 Å². The van der Waals surface area contributed by atoms with E-state index in [9.17, 15) is 19.8 Å². The van der Waals surface area contributed by atoms with Crippen molar-refractivity contribution in [3.8, 4) is 11.5 Å². The summed E-state index contributed by atoms with van der Waals surface area (Å²) in [5, 5.41) is 25.5. The summed E-state index contributed by atoms with van der Waals surface area (Å²) in [4.78, 5) is 25.5. The van der Waals surface area contributed by atoms with Gasteiger partial charge < -0.3 is 35.6 Å². The van der Waals surface area contributed by atoms with Gasteiger partial charge in [-0.25, -0.2) is 0 Å². The number of hydrogen-bond acceptors (Lipinski definition) is 7. The number of aliphatic hydroxyl groups is 1. The second kappa shape index (κ2) is 6.57. The molecule has 5 N–H and O–H groups in total. The largest absolute Gasteiger partial charge is 0.504 e. The molecule has 1 unspecified atom stereocenters. The van der Waals surface area contributed by atoms with Gasteiger partial charge in [-0.1, -0.05) is 6.07 Å². The fourth-order valence-corrected chi connectivity index (χ4v) is 6.39. The normalized spacial score (nSPS) is 36.0. The topological polar surface area (TPSA) is 134 Å². The second-order valence-electron chi connectivity index (χ2n) is 9.00. The third-order valence-corrected chi connectivity index (χ3v) is 7.55. The van der Waals surface area contributed by atoms with Gasteiger partial charge in [-0.2, -0.15) is 0 Å². The van der Waals surface area contributed by atoms with Crippen molar-refractivity contribution < 1.29 is 29.3 Å². The number of benzene rings is 1. The van der Waals surface area contributed by atoms with E-state index in [1.54, 1.807) is 6.07 Å². The number of rotatable bonds is 5. The van der Waals surface area contributed by atoms with Crippen molar-refractivity contribution in [2.75, 3.05) is 26.8 Å². The van der Waals surface area contributed by atoms with Crippen molar-refractivity contribution in [2.24, 2.45) is 5.73 Å². The van der Waals surface area contributed by atoms with Crippen LogP contribution in [0.3, 0.4) is 0 Å². The van der Waals surface area contributed by atoms with E-state index < -0.39 is 23.0 Å². The highest BCUT2D eigenvalue weighted by Crippen LogP contribution is 2.65. The lowest BCUT2D eigenvalue weighted by atomic mass is 9.48. The Morgan fingerprint density at radius 1 is 1.37 bits per heavy atom. The molecule has 2 amide bonds. The Hall–Kier alpha value is -2.36. The lowest BCUT2D eigenvalue weighted by molar-refractivity contribution is -0.187. The Balaban J connectivity index is 1.50. The zero-order valence-electron chi connectivity index (χ0n) is 16.9. The number of nitrogens with two attached hydrogens (primary N) is 1.